The molecule has 5 heteroatoms. The lowest BCUT2D eigenvalue weighted by Gasteiger charge is -2.07. The molecule has 0 aliphatic heterocycles. The highest BCUT2D eigenvalue weighted by atomic mass is 35.5. The van der Waals surface area contributed by atoms with Crippen molar-refractivity contribution in [2.45, 2.75) is 13.8 Å². The van der Waals surface area contributed by atoms with Crippen molar-refractivity contribution in [2.24, 2.45) is 0 Å². The zero-order valence-corrected chi connectivity index (χ0v) is 10.1. The van der Waals surface area contributed by atoms with Crippen molar-refractivity contribution in [3.8, 4) is 11.3 Å². The van der Waals surface area contributed by atoms with Gasteiger partial charge in [-0.15, -0.1) is 0 Å². The summed E-state index contributed by atoms with van der Waals surface area (Å²) in [6, 6.07) is 5.02. The highest BCUT2D eigenvalue weighted by molar-refractivity contribution is 6.33. The van der Waals surface area contributed by atoms with E-state index in [4.69, 9.17) is 21.2 Å². The SMILES string of the molecule is Cc1ccc(Cl)c(-c2cc(C(=O)O)no2)c1C. The van der Waals surface area contributed by atoms with Crippen LogP contribution in [-0.2, 0) is 0 Å². The largest absolute Gasteiger partial charge is 0.476 e. The number of carboxylic acid groups (broad SMARTS) is 1. The van der Waals surface area contributed by atoms with Crippen LogP contribution in [0.3, 0.4) is 0 Å². The minimum absolute atomic E-state index is 0.128. The smallest absolute Gasteiger partial charge is 0.358 e. The second-order valence-corrected chi connectivity index (χ2v) is 4.15. The molecular formula is C12H10ClNO3. The third-order valence-corrected chi connectivity index (χ3v) is 2.98. The maximum atomic E-state index is 10.7. The first-order valence-electron chi connectivity index (χ1n) is 4.97. The van der Waals surface area contributed by atoms with Crippen LogP contribution in [0, 0.1) is 13.8 Å². The summed E-state index contributed by atoms with van der Waals surface area (Å²) in [4.78, 5) is 10.7. The molecule has 2 aromatic rings. The summed E-state index contributed by atoms with van der Waals surface area (Å²) in [5, 5.41) is 12.8. The molecule has 17 heavy (non-hydrogen) atoms. The van der Waals surface area contributed by atoms with Crippen LogP contribution in [0.4, 0.5) is 0 Å². The van der Waals surface area contributed by atoms with E-state index in [1.54, 1.807) is 6.07 Å². The third-order valence-electron chi connectivity index (χ3n) is 2.66. The van der Waals surface area contributed by atoms with E-state index in [9.17, 15) is 4.79 Å². The molecule has 88 valence electrons. The summed E-state index contributed by atoms with van der Waals surface area (Å²) in [6.07, 6.45) is 0. The third kappa shape index (κ3) is 2.03. The van der Waals surface area contributed by atoms with Gasteiger partial charge >= 0.3 is 5.97 Å². The maximum absolute atomic E-state index is 10.7. The highest BCUT2D eigenvalue weighted by Gasteiger charge is 2.16. The van der Waals surface area contributed by atoms with Gasteiger partial charge in [0.05, 0.1) is 5.02 Å². The van der Waals surface area contributed by atoms with Gasteiger partial charge in [-0.05, 0) is 31.0 Å². The summed E-state index contributed by atoms with van der Waals surface area (Å²) < 4.78 is 5.01. The van der Waals surface area contributed by atoms with E-state index in [1.807, 2.05) is 19.9 Å². The summed E-state index contributed by atoms with van der Waals surface area (Å²) in [6.45, 7) is 3.85. The molecule has 1 aromatic carbocycles. The Morgan fingerprint density at radius 1 is 1.41 bits per heavy atom. The number of halogens is 1. The summed E-state index contributed by atoms with van der Waals surface area (Å²) in [5.74, 6) is -0.755. The van der Waals surface area contributed by atoms with Gasteiger partial charge in [-0.2, -0.15) is 0 Å². The van der Waals surface area contributed by atoms with E-state index in [0.29, 0.717) is 16.3 Å². The Morgan fingerprint density at radius 3 is 2.71 bits per heavy atom. The lowest BCUT2D eigenvalue weighted by atomic mass is 10.0. The van der Waals surface area contributed by atoms with Gasteiger partial charge in [0.2, 0.25) is 0 Å². The first-order chi connectivity index (χ1) is 8.00. The number of aromatic carboxylic acids is 1. The Hall–Kier alpha value is -1.81. The number of carboxylic acids is 1. The van der Waals surface area contributed by atoms with Crippen LogP contribution in [0.1, 0.15) is 21.6 Å². The number of rotatable bonds is 2. The molecule has 0 atom stereocenters. The molecule has 0 saturated heterocycles. The van der Waals surface area contributed by atoms with E-state index in [2.05, 4.69) is 5.16 Å². The summed E-state index contributed by atoms with van der Waals surface area (Å²) >= 11 is 6.09. The zero-order valence-electron chi connectivity index (χ0n) is 9.32. The van der Waals surface area contributed by atoms with Crippen molar-refractivity contribution in [3.05, 3.63) is 40.0 Å². The predicted molar refractivity (Wildman–Crippen MR) is 63.4 cm³/mol. The Balaban J connectivity index is 2.60. The Bertz CT molecular complexity index is 589. The van der Waals surface area contributed by atoms with E-state index in [-0.39, 0.29) is 5.69 Å². The summed E-state index contributed by atoms with van der Waals surface area (Å²) in [5.41, 5.74) is 2.56. The second-order valence-electron chi connectivity index (χ2n) is 3.75. The molecule has 0 fully saturated rings. The molecule has 2 rings (SSSR count). The van der Waals surface area contributed by atoms with Crippen molar-refractivity contribution in [2.75, 3.05) is 0 Å². The molecule has 0 bridgehead atoms. The molecule has 0 aliphatic rings. The van der Waals surface area contributed by atoms with Crippen LogP contribution >= 0.6 is 11.6 Å². The number of carbonyl (C=O) groups is 1. The van der Waals surface area contributed by atoms with Crippen molar-refractivity contribution in [1.29, 1.82) is 0 Å². The van der Waals surface area contributed by atoms with Crippen LogP contribution in [0.25, 0.3) is 11.3 Å². The number of aromatic nitrogens is 1. The van der Waals surface area contributed by atoms with Gasteiger partial charge in [-0.1, -0.05) is 22.8 Å². The average molecular weight is 252 g/mol. The monoisotopic (exact) mass is 251 g/mol. The Morgan fingerprint density at radius 2 is 2.12 bits per heavy atom. The van der Waals surface area contributed by atoms with Gasteiger partial charge < -0.3 is 9.63 Å². The molecule has 4 nitrogen and oxygen atoms in total. The Labute approximate surface area is 103 Å². The molecule has 0 spiro atoms. The second kappa shape index (κ2) is 4.22. The van der Waals surface area contributed by atoms with Crippen molar-refractivity contribution < 1.29 is 14.4 Å². The standard InChI is InChI=1S/C12H10ClNO3/c1-6-3-4-8(13)11(7(6)2)10-5-9(12(15)16)14-17-10/h3-5H,1-2H3,(H,15,16). The molecule has 0 saturated carbocycles. The predicted octanol–water partition coefficient (Wildman–Crippen LogP) is 3.31. The van der Waals surface area contributed by atoms with Crippen LogP contribution in [0.5, 0.6) is 0 Å². The van der Waals surface area contributed by atoms with Gasteiger partial charge in [-0.25, -0.2) is 4.79 Å². The van der Waals surface area contributed by atoms with Crippen LogP contribution in [0.15, 0.2) is 22.7 Å². The molecule has 0 radical (unpaired) electrons. The van der Waals surface area contributed by atoms with Gasteiger partial charge in [0.25, 0.3) is 0 Å². The van der Waals surface area contributed by atoms with Crippen molar-refractivity contribution >= 4 is 17.6 Å². The number of hydrogen-bond acceptors (Lipinski definition) is 3. The lowest BCUT2D eigenvalue weighted by Crippen LogP contribution is -1.94. The highest BCUT2D eigenvalue weighted by Crippen LogP contribution is 2.33. The van der Waals surface area contributed by atoms with E-state index in [0.717, 1.165) is 11.1 Å². The molecule has 1 aromatic heterocycles. The molecule has 0 amide bonds. The fraction of sp³-hybridized carbons (Fsp3) is 0.167. The Kier molecular flexibility index (Phi) is 2.90. The maximum Gasteiger partial charge on any atom is 0.358 e. The van der Waals surface area contributed by atoms with Crippen LogP contribution in [0.2, 0.25) is 5.02 Å². The van der Waals surface area contributed by atoms with Gasteiger partial charge in [-0.3, -0.25) is 0 Å². The first kappa shape index (κ1) is 11.7. The van der Waals surface area contributed by atoms with Gasteiger partial charge in [0, 0.05) is 11.6 Å². The van der Waals surface area contributed by atoms with Crippen LogP contribution in [-0.4, -0.2) is 16.2 Å². The topological polar surface area (TPSA) is 63.3 Å². The number of hydrogen-bond donors (Lipinski definition) is 1. The summed E-state index contributed by atoms with van der Waals surface area (Å²) in [7, 11) is 0. The average Bonchev–Trinajstić information content (AvgIpc) is 2.73. The fourth-order valence-corrected chi connectivity index (χ4v) is 1.88. The number of aryl methyl sites for hydroxylation is 1. The zero-order chi connectivity index (χ0) is 12.6. The first-order valence-corrected chi connectivity index (χ1v) is 5.34. The molecule has 0 aliphatic carbocycles. The fourth-order valence-electron chi connectivity index (χ4n) is 1.58. The minimum Gasteiger partial charge on any atom is -0.476 e. The number of nitrogens with zero attached hydrogens (tertiary/aromatic N) is 1. The van der Waals surface area contributed by atoms with Crippen molar-refractivity contribution in [3.63, 3.8) is 0 Å². The quantitative estimate of drug-likeness (QED) is 0.889. The van der Waals surface area contributed by atoms with Crippen molar-refractivity contribution in [1.82, 2.24) is 5.16 Å². The van der Waals surface area contributed by atoms with Crippen LogP contribution < -0.4 is 0 Å². The molecule has 1 N–H and O–H groups in total. The van der Waals surface area contributed by atoms with E-state index >= 15 is 0 Å². The molecular weight excluding hydrogens is 242 g/mol. The van der Waals surface area contributed by atoms with E-state index in [1.165, 1.54) is 6.07 Å². The lowest BCUT2D eigenvalue weighted by molar-refractivity contribution is 0.0686. The molecule has 1 heterocycles. The normalized spacial score (nSPS) is 10.5. The minimum atomic E-state index is -1.12. The number of benzene rings is 1. The van der Waals surface area contributed by atoms with Gasteiger partial charge in [0.15, 0.2) is 11.5 Å². The van der Waals surface area contributed by atoms with Gasteiger partial charge in [0.1, 0.15) is 0 Å². The van der Waals surface area contributed by atoms with E-state index < -0.39 is 5.97 Å². The molecule has 0 unspecified atom stereocenters.